The van der Waals surface area contributed by atoms with Crippen molar-refractivity contribution in [1.29, 1.82) is 0 Å². The van der Waals surface area contributed by atoms with E-state index in [0.29, 0.717) is 12.0 Å². The number of rotatable bonds is 4. The summed E-state index contributed by atoms with van der Waals surface area (Å²) in [5, 5.41) is 11.0. The molecule has 0 N–H and O–H groups in total. The lowest BCUT2D eigenvalue weighted by Gasteiger charge is -2.24. The van der Waals surface area contributed by atoms with Crippen LogP contribution in [0.3, 0.4) is 0 Å². The Morgan fingerprint density at radius 1 is 1.36 bits per heavy atom. The molecule has 1 unspecified atom stereocenters. The number of nitrogens with zero attached hydrogens (tertiary/aromatic N) is 3. The van der Waals surface area contributed by atoms with Crippen LogP contribution in [-0.4, -0.2) is 14.5 Å². The van der Waals surface area contributed by atoms with Crippen LogP contribution in [0.15, 0.2) is 18.2 Å². The number of non-ortho nitro benzene ring substituents is 1. The first-order chi connectivity index (χ1) is 10.6. The maximum atomic E-state index is 11.0. The number of fused-ring (bicyclic) bond motifs is 1. The van der Waals surface area contributed by atoms with Gasteiger partial charge in [0.1, 0.15) is 5.82 Å². The van der Waals surface area contributed by atoms with Crippen LogP contribution in [0.2, 0.25) is 0 Å². The highest BCUT2D eigenvalue weighted by Crippen LogP contribution is 2.36. The Bertz CT molecular complexity index is 687. The average Bonchev–Trinajstić information content (AvgIpc) is 2.93. The van der Waals surface area contributed by atoms with E-state index in [1.807, 2.05) is 6.07 Å². The topological polar surface area (TPSA) is 61.0 Å². The van der Waals surface area contributed by atoms with Gasteiger partial charge in [0.15, 0.2) is 0 Å². The molecule has 0 bridgehead atoms. The van der Waals surface area contributed by atoms with E-state index in [2.05, 4.69) is 18.4 Å². The highest BCUT2D eigenvalue weighted by Gasteiger charge is 2.25. The standard InChI is InChI=1S/C17H23N3O2/c1-3-12(2)19-16-10-9-14(20(21)22)11-15(16)18-17(19)13-7-5-4-6-8-13/h9-13H,3-8H2,1-2H3. The van der Waals surface area contributed by atoms with Gasteiger partial charge < -0.3 is 4.57 Å². The molecule has 5 nitrogen and oxygen atoms in total. The Hall–Kier alpha value is -1.91. The number of imidazole rings is 1. The second kappa shape index (κ2) is 6.07. The van der Waals surface area contributed by atoms with Gasteiger partial charge in [-0.25, -0.2) is 4.98 Å². The molecule has 22 heavy (non-hydrogen) atoms. The molecule has 0 saturated heterocycles. The summed E-state index contributed by atoms with van der Waals surface area (Å²) in [6.45, 7) is 4.38. The largest absolute Gasteiger partial charge is 0.325 e. The van der Waals surface area contributed by atoms with Crippen LogP contribution in [-0.2, 0) is 0 Å². The zero-order valence-electron chi connectivity index (χ0n) is 13.3. The van der Waals surface area contributed by atoms with Crippen molar-refractivity contribution in [2.45, 2.75) is 64.3 Å². The van der Waals surface area contributed by atoms with Crippen LogP contribution in [0.1, 0.15) is 70.2 Å². The SMILES string of the molecule is CCC(C)n1c(C2CCCCC2)nc2cc([N+](=O)[O-])ccc21. The lowest BCUT2D eigenvalue weighted by molar-refractivity contribution is -0.384. The molecule has 1 fully saturated rings. The van der Waals surface area contributed by atoms with E-state index in [9.17, 15) is 10.1 Å². The molecule has 1 atom stereocenters. The van der Waals surface area contributed by atoms with Crippen LogP contribution in [0.4, 0.5) is 5.69 Å². The Balaban J connectivity index is 2.13. The van der Waals surface area contributed by atoms with Crippen molar-refractivity contribution < 1.29 is 4.92 Å². The van der Waals surface area contributed by atoms with E-state index < -0.39 is 0 Å². The van der Waals surface area contributed by atoms with Gasteiger partial charge in [0.2, 0.25) is 0 Å². The van der Waals surface area contributed by atoms with Crippen molar-refractivity contribution in [3.8, 4) is 0 Å². The lowest BCUT2D eigenvalue weighted by atomic mass is 9.88. The fourth-order valence-electron chi connectivity index (χ4n) is 3.51. The van der Waals surface area contributed by atoms with E-state index in [0.717, 1.165) is 23.3 Å². The zero-order chi connectivity index (χ0) is 15.7. The first kappa shape index (κ1) is 15.0. The second-order valence-corrected chi connectivity index (χ2v) is 6.36. The highest BCUT2D eigenvalue weighted by atomic mass is 16.6. The molecular weight excluding hydrogens is 278 g/mol. The number of aromatic nitrogens is 2. The minimum absolute atomic E-state index is 0.122. The molecule has 0 spiro atoms. The number of hydrogen-bond donors (Lipinski definition) is 0. The molecule has 1 aliphatic rings. The monoisotopic (exact) mass is 301 g/mol. The molecule has 0 aliphatic heterocycles. The molecule has 1 aromatic heterocycles. The van der Waals surface area contributed by atoms with Crippen molar-refractivity contribution in [3.63, 3.8) is 0 Å². The second-order valence-electron chi connectivity index (χ2n) is 6.36. The predicted octanol–water partition coefficient (Wildman–Crippen LogP) is 4.96. The first-order valence-corrected chi connectivity index (χ1v) is 8.28. The number of benzene rings is 1. The molecule has 118 valence electrons. The van der Waals surface area contributed by atoms with Gasteiger partial charge in [0.25, 0.3) is 5.69 Å². The van der Waals surface area contributed by atoms with Gasteiger partial charge in [0, 0.05) is 24.1 Å². The zero-order valence-corrected chi connectivity index (χ0v) is 13.3. The molecule has 2 aromatic rings. The molecule has 0 amide bonds. The smallest absolute Gasteiger partial charge is 0.271 e. The summed E-state index contributed by atoms with van der Waals surface area (Å²) in [5.41, 5.74) is 1.91. The van der Waals surface area contributed by atoms with Gasteiger partial charge in [-0.1, -0.05) is 26.2 Å². The quantitative estimate of drug-likeness (QED) is 0.592. The molecule has 1 aromatic carbocycles. The summed E-state index contributed by atoms with van der Waals surface area (Å²) in [6, 6.07) is 5.43. The third-order valence-electron chi connectivity index (χ3n) is 4.91. The molecule has 1 aliphatic carbocycles. The summed E-state index contributed by atoms with van der Waals surface area (Å²) in [7, 11) is 0. The van der Waals surface area contributed by atoms with E-state index >= 15 is 0 Å². The molecule has 1 heterocycles. The molecule has 5 heteroatoms. The Morgan fingerprint density at radius 3 is 2.73 bits per heavy atom. The summed E-state index contributed by atoms with van der Waals surface area (Å²) >= 11 is 0. The van der Waals surface area contributed by atoms with Crippen LogP contribution >= 0.6 is 0 Å². The number of nitro benzene ring substituents is 1. The van der Waals surface area contributed by atoms with Crippen molar-refractivity contribution in [2.24, 2.45) is 0 Å². The molecular formula is C17H23N3O2. The minimum Gasteiger partial charge on any atom is -0.325 e. The lowest BCUT2D eigenvalue weighted by Crippen LogP contribution is -2.14. The summed E-state index contributed by atoms with van der Waals surface area (Å²) in [6.07, 6.45) is 7.22. The fourth-order valence-corrected chi connectivity index (χ4v) is 3.51. The van der Waals surface area contributed by atoms with Crippen LogP contribution in [0.25, 0.3) is 11.0 Å². The van der Waals surface area contributed by atoms with E-state index in [1.165, 1.54) is 32.1 Å². The van der Waals surface area contributed by atoms with Crippen molar-refractivity contribution in [2.75, 3.05) is 0 Å². The van der Waals surface area contributed by atoms with Crippen LogP contribution in [0.5, 0.6) is 0 Å². The van der Waals surface area contributed by atoms with Crippen LogP contribution in [0, 0.1) is 10.1 Å². The van der Waals surface area contributed by atoms with E-state index in [-0.39, 0.29) is 10.6 Å². The molecule has 0 radical (unpaired) electrons. The first-order valence-electron chi connectivity index (χ1n) is 8.28. The third-order valence-corrected chi connectivity index (χ3v) is 4.91. The maximum Gasteiger partial charge on any atom is 0.271 e. The number of hydrogen-bond acceptors (Lipinski definition) is 3. The summed E-state index contributed by atoms with van der Waals surface area (Å²) in [4.78, 5) is 15.5. The van der Waals surface area contributed by atoms with Gasteiger partial charge in [-0.3, -0.25) is 10.1 Å². The van der Waals surface area contributed by atoms with Crippen molar-refractivity contribution in [3.05, 3.63) is 34.1 Å². The molecule has 1 saturated carbocycles. The van der Waals surface area contributed by atoms with Gasteiger partial charge in [-0.2, -0.15) is 0 Å². The van der Waals surface area contributed by atoms with Gasteiger partial charge in [-0.15, -0.1) is 0 Å². The Morgan fingerprint density at radius 2 is 2.09 bits per heavy atom. The van der Waals surface area contributed by atoms with Crippen LogP contribution < -0.4 is 0 Å². The highest BCUT2D eigenvalue weighted by molar-refractivity contribution is 5.79. The Kier molecular flexibility index (Phi) is 4.14. The normalized spacial score (nSPS) is 17.7. The molecule has 3 rings (SSSR count). The number of nitro groups is 1. The van der Waals surface area contributed by atoms with E-state index in [1.54, 1.807) is 12.1 Å². The Labute approximate surface area is 130 Å². The van der Waals surface area contributed by atoms with Crippen molar-refractivity contribution in [1.82, 2.24) is 9.55 Å². The van der Waals surface area contributed by atoms with Crippen molar-refractivity contribution >= 4 is 16.7 Å². The maximum absolute atomic E-state index is 11.0. The van der Waals surface area contributed by atoms with Gasteiger partial charge in [0.05, 0.1) is 16.0 Å². The summed E-state index contributed by atoms with van der Waals surface area (Å²) in [5.74, 6) is 1.62. The fraction of sp³-hybridized carbons (Fsp3) is 0.588. The summed E-state index contributed by atoms with van der Waals surface area (Å²) < 4.78 is 2.31. The third kappa shape index (κ3) is 2.60. The van der Waals surface area contributed by atoms with Gasteiger partial charge >= 0.3 is 0 Å². The minimum atomic E-state index is -0.345. The van der Waals surface area contributed by atoms with E-state index in [4.69, 9.17) is 4.98 Å². The van der Waals surface area contributed by atoms with Gasteiger partial charge in [-0.05, 0) is 32.3 Å². The average molecular weight is 301 g/mol. The predicted molar refractivity (Wildman–Crippen MR) is 87.2 cm³/mol.